The Labute approximate surface area is 125 Å². The molecule has 1 unspecified atom stereocenters. The topological polar surface area (TPSA) is 39.7 Å². The van der Waals surface area contributed by atoms with Gasteiger partial charge in [0.1, 0.15) is 0 Å². The van der Waals surface area contributed by atoms with Crippen molar-refractivity contribution in [2.24, 2.45) is 4.99 Å². The van der Waals surface area contributed by atoms with Crippen LogP contribution >= 0.6 is 0 Å². The van der Waals surface area contributed by atoms with E-state index in [1.807, 2.05) is 0 Å². The van der Waals surface area contributed by atoms with E-state index in [-0.39, 0.29) is 0 Å². The molecule has 0 aromatic carbocycles. The summed E-state index contributed by atoms with van der Waals surface area (Å²) >= 11 is 0. The molecule has 0 saturated carbocycles. The Balaban J connectivity index is 2.52. The maximum absolute atomic E-state index is 4.79. The van der Waals surface area contributed by atoms with Crippen LogP contribution in [0, 0.1) is 0 Å². The summed E-state index contributed by atoms with van der Waals surface area (Å²) in [6, 6.07) is 1.06. The summed E-state index contributed by atoms with van der Waals surface area (Å²) in [6.45, 7) is 13.0. The lowest BCUT2D eigenvalue weighted by atomic mass is 10.0. The molecule has 0 radical (unpaired) electrons. The van der Waals surface area contributed by atoms with E-state index in [2.05, 4.69) is 43.2 Å². The van der Waals surface area contributed by atoms with Crippen LogP contribution in [0.25, 0.3) is 0 Å². The molecule has 0 amide bonds. The van der Waals surface area contributed by atoms with Crippen molar-refractivity contribution in [1.82, 2.24) is 15.5 Å². The van der Waals surface area contributed by atoms with E-state index in [0.29, 0.717) is 12.1 Å². The smallest absolute Gasteiger partial charge is 0.191 e. The second-order valence-corrected chi connectivity index (χ2v) is 6.06. The number of nitrogens with one attached hydrogen (secondary N) is 2. The van der Waals surface area contributed by atoms with Crippen LogP contribution in [0.15, 0.2) is 4.99 Å². The number of rotatable bonds is 7. The summed E-state index contributed by atoms with van der Waals surface area (Å²) < 4.78 is 0. The molecule has 20 heavy (non-hydrogen) atoms. The second-order valence-electron chi connectivity index (χ2n) is 6.06. The highest BCUT2D eigenvalue weighted by Gasteiger charge is 2.21. The van der Waals surface area contributed by atoms with Gasteiger partial charge < -0.3 is 10.6 Å². The van der Waals surface area contributed by atoms with Gasteiger partial charge in [-0.3, -0.25) is 9.89 Å². The molecule has 0 aromatic heterocycles. The van der Waals surface area contributed by atoms with Gasteiger partial charge in [-0.2, -0.15) is 0 Å². The SMILES string of the molecule is CCCCN1CCCCC1CN=C(NCC)NC(C)C. The van der Waals surface area contributed by atoms with Crippen LogP contribution in [0.5, 0.6) is 0 Å². The minimum absolute atomic E-state index is 0.426. The lowest BCUT2D eigenvalue weighted by molar-refractivity contribution is 0.151. The van der Waals surface area contributed by atoms with Crippen LogP contribution < -0.4 is 10.6 Å². The van der Waals surface area contributed by atoms with Gasteiger partial charge in [-0.15, -0.1) is 0 Å². The first-order valence-corrected chi connectivity index (χ1v) is 8.46. The second kappa shape index (κ2) is 10.0. The average Bonchev–Trinajstić information content (AvgIpc) is 2.43. The summed E-state index contributed by atoms with van der Waals surface area (Å²) in [7, 11) is 0. The molecule has 118 valence electrons. The minimum atomic E-state index is 0.426. The molecular weight excluding hydrogens is 248 g/mol. The van der Waals surface area contributed by atoms with Crippen molar-refractivity contribution in [1.29, 1.82) is 0 Å². The predicted molar refractivity (Wildman–Crippen MR) is 88.4 cm³/mol. The third-order valence-electron chi connectivity index (χ3n) is 3.78. The van der Waals surface area contributed by atoms with E-state index >= 15 is 0 Å². The summed E-state index contributed by atoms with van der Waals surface area (Å²) in [6.07, 6.45) is 6.61. The number of unbranched alkanes of at least 4 members (excludes halogenated alkanes) is 1. The lowest BCUT2D eigenvalue weighted by Gasteiger charge is -2.35. The molecule has 1 atom stereocenters. The zero-order valence-corrected chi connectivity index (χ0v) is 13.9. The van der Waals surface area contributed by atoms with Gasteiger partial charge in [0.25, 0.3) is 0 Å². The molecule has 0 aromatic rings. The summed E-state index contributed by atoms with van der Waals surface area (Å²) in [5.41, 5.74) is 0. The minimum Gasteiger partial charge on any atom is -0.357 e. The molecule has 1 fully saturated rings. The zero-order valence-electron chi connectivity index (χ0n) is 13.9. The largest absolute Gasteiger partial charge is 0.357 e. The van der Waals surface area contributed by atoms with Crippen molar-refractivity contribution in [3.8, 4) is 0 Å². The van der Waals surface area contributed by atoms with Crippen molar-refractivity contribution < 1.29 is 0 Å². The molecule has 1 aliphatic heterocycles. The Morgan fingerprint density at radius 1 is 1.30 bits per heavy atom. The van der Waals surface area contributed by atoms with Crippen LogP contribution in [0.4, 0.5) is 0 Å². The average molecular weight is 282 g/mol. The Bertz CT molecular complexity index is 276. The molecule has 2 N–H and O–H groups in total. The number of likely N-dealkylation sites (tertiary alicyclic amines) is 1. The van der Waals surface area contributed by atoms with E-state index in [1.165, 1.54) is 45.2 Å². The first-order chi connectivity index (χ1) is 9.67. The van der Waals surface area contributed by atoms with Gasteiger partial charge in [0.2, 0.25) is 0 Å². The predicted octanol–water partition coefficient (Wildman–Crippen LogP) is 2.60. The van der Waals surface area contributed by atoms with Gasteiger partial charge in [0.15, 0.2) is 5.96 Å². The maximum Gasteiger partial charge on any atom is 0.191 e. The summed E-state index contributed by atoms with van der Waals surface area (Å²) in [5, 5.41) is 6.73. The van der Waals surface area contributed by atoms with Crippen molar-refractivity contribution in [3.05, 3.63) is 0 Å². The van der Waals surface area contributed by atoms with Crippen LogP contribution in [0.3, 0.4) is 0 Å². The Morgan fingerprint density at radius 2 is 2.10 bits per heavy atom. The molecule has 0 spiro atoms. The molecule has 1 saturated heterocycles. The Kier molecular flexibility index (Phi) is 8.67. The van der Waals surface area contributed by atoms with Crippen molar-refractivity contribution in [2.45, 2.75) is 71.9 Å². The molecule has 1 aliphatic rings. The number of hydrogen-bond acceptors (Lipinski definition) is 2. The first kappa shape index (κ1) is 17.3. The molecule has 4 nitrogen and oxygen atoms in total. The van der Waals surface area contributed by atoms with Gasteiger partial charge in [0.05, 0.1) is 6.54 Å². The monoisotopic (exact) mass is 282 g/mol. The van der Waals surface area contributed by atoms with Crippen molar-refractivity contribution >= 4 is 5.96 Å². The van der Waals surface area contributed by atoms with Gasteiger partial charge in [-0.05, 0) is 53.1 Å². The highest BCUT2D eigenvalue weighted by Crippen LogP contribution is 2.17. The van der Waals surface area contributed by atoms with Crippen LogP contribution in [0.2, 0.25) is 0 Å². The van der Waals surface area contributed by atoms with E-state index in [1.54, 1.807) is 0 Å². The molecular formula is C16H34N4. The fourth-order valence-corrected chi connectivity index (χ4v) is 2.71. The number of piperidine rings is 1. The van der Waals surface area contributed by atoms with Crippen LogP contribution in [-0.2, 0) is 0 Å². The van der Waals surface area contributed by atoms with Crippen LogP contribution in [-0.4, -0.2) is 49.1 Å². The van der Waals surface area contributed by atoms with Gasteiger partial charge in [-0.1, -0.05) is 19.8 Å². The van der Waals surface area contributed by atoms with Gasteiger partial charge >= 0.3 is 0 Å². The number of aliphatic imine (C=N–C) groups is 1. The molecule has 0 bridgehead atoms. The number of hydrogen-bond donors (Lipinski definition) is 2. The molecule has 1 heterocycles. The van der Waals surface area contributed by atoms with E-state index in [4.69, 9.17) is 4.99 Å². The summed E-state index contributed by atoms with van der Waals surface area (Å²) in [4.78, 5) is 7.44. The van der Waals surface area contributed by atoms with E-state index in [0.717, 1.165) is 19.0 Å². The molecule has 1 rings (SSSR count). The molecule has 0 aliphatic carbocycles. The van der Waals surface area contributed by atoms with E-state index in [9.17, 15) is 0 Å². The summed E-state index contributed by atoms with van der Waals surface area (Å²) in [5.74, 6) is 0.962. The fourth-order valence-electron chi connectivity index (χ4n) is 2.71. The van der Waals surface area contributed by atoms with Crippen molar-refractivity contribution in [3.63, 3.8) is 0 Å². The standard InChI is InChI=1S/C16H34N4/c1-5-7-11-20-12-9-8-10-15(20)13-18-16(17-6-2)19-14(3)4/h14-15H,5-13H2,1-4H3,(H2,17,18,19). The highest BCUT2D eigenvalue weighted by molar-refractivity contribution is 5.80. The quantitative estimate of drug-likeness (QED) is 0.557. The van der Waals surface area contributed by atoms with Crippen molar-refractivity contribution in [2.75, 3.05) is 26.2 Å². The van der Waals surface area contributed by atoms with Gasteiger partial charge in [0, 0.05) is 18.6 Å². The Hall–Kier alpha value is -0.770. The van der Waals surface area contributed by atoms with E-state index < -0.39 is 0 Å². The fraction of sp³-hybridized carbons (Fsp3) is 0.938. The Morgan fingerprint density at radius 3 is 2.75 bits per heavy atom. The van der Waals surface area contributed by atoms with Gasteiger partial charge in [-0.25, -0.2) is 0 Å². The van der Waals surface area contributed by atoms with Crippen LogP contribution in [0.1, 0.15) is 59.8 Å². The lowest BCUT2D eigenvalue weighted by Crippen LogP contribution is -2.44. The normalized spacial score (nSPS) is 21.2. The zero-order chi connectivity index (χ0) is 14.8. The third kappa shape index (κ3) is 6.60. The molecule has 4 heteroatoms. The number of nitrogens with zero attached hydrogens (tertiary/aromatic N) is 2. The number of guanidine groups is 1. The third-order valence-corrected chi connectivity index (χ3v) is 3.78. The highest BCUT2D eigenvalue weighted by atomic mass is 15.2. The maximum atomic E-state index is 4.79. The first-order valence-electron chi connectivity index (χ1n) is 8.46.